The molecular weight excluding hydrogens is 536 g/mol. The van der Waals surface area contributed by atoms with Crippen LogP contribution in [0.5, 0.6) is 0 Å². The summed E-state index contributed by atoms with van der Waals surface area (Å²) in [5.74, 6) is 0.533. The maximum atomic E-state index is 12.6. The van der Waals surface area contributed by atoms with E-state index in [9.17, 15) is 13.2 Å². The monoisotopic (exact) mass is 580 g/mol. The van der Waals surface area contributed by atoms with Crippen LogP contribution in [0.25, 0.3) is 6.08 Å². The largest absolute Gasteiger partial charge is 0.444 e. The predicted molar refractivity (Wildman–Crippen MR) is 160 cm³/mol. The minimum absolute atomic E-state index is 0.0346. The van der Waals surface area contributed by atoms with Gasteiger partial charge in [0.25, 0.3) is 10.1 Å². The molecule has 3 rings (SSSR count). The predicted octanol–water partition coefficient (Wildman–Crippen LogP) is 7.04. The van der Waals surface area contributed by atoms with Gasteiger partial charge in [0.05, 0.1) is 12.9 Å². The van der Waals surface area contributed by atoms with Gasteiger partial charge in [-0.2, -0.15) is 8.42 Å². The first-order valence-electron chi connectivity index (χ1n) is 13.7. The molecule has 218 valence electrons. The molecule has 1 atom stereocenters. The highest BCUT2D eigenvalue weighted by atomic mass is 35.5. The first-order chi connectivity index (χ1) is 18.4. The summed E-state index contributed by atoms with van der Waals surface area (Å²) < 4.78 is 34.4. The lowest BCUT2D eigenvalue weighted by Gasteiger charge is -2.37. The summed E-state index contributed by atoms with van der Waals surface area (Å²) in [6.45, 7) is 10.9. The van der Waals surface area contributed by atoms with Crippen LogP contribution in [0, 0.1) is 5.92 Å². The van der Waals surface area contributed by atoms with Crippen molar-refractivity contribution in [3.63, 3.8) is 0 Å². The quantitative estimate of drug-likeness (QED) is 0.274. The number of likely N-dealkylation sites (tertiary alicyclic amines) is 1. The van der Waals surface area contributed by atoms with Crippen molar-refractivity contribution in [1.29, 1.82) is 0 Å². The standard InChI is InChI=1S/C28H39ClN2O5S.C2H6/c1-28(2,3)36-27(32)31-14-11-20(12-15-31)26-18-21(8-6-5-7-13-30)23(19-35-37(4,33)34)16-22-17-24(29)9-10-25(22)26;1-2/h7-10,13,16-17,20,26H,5-6,11-12,14-15,18-19,30H2,1-4H3;1-2H3/b13-7-,21-8+;. The minimum Gasteiger partial charge on any atom is -0.444 e. The first-order valence-corrected chi connectivity index (χ1v) is 15.9. The van der Waals surface area contributed by atoms with Crippen molar-refractivity contribution >= 4 is 33.9 Å². The van der Waals surface area contributed by atoms with Crippen LogP contribution < -0.4 is 5.73 Å². The molecule has 0 aromatic heterocycles. The van der Waals surface area contributed by atoms with Crippen molar-refractivity contribution in [2.45, 2.75) is 78.2 Å². The molecule has 7 nitrogen and oxygen atoms in total. The van der Waals surface area contributed by atoms with E-state index >= 15 is 0 Å². The van der Waals surface area contributed by atoms with Crippen LogP contribution in [0.2, 0.25) is 5.02 Å². The number of piperidine rings is 1. The lowest BCUT2D eigenvalue weighted by molar-refractivity contribution is 0.0173. The van der Waals surface area contributed by atoms with Gasteiger partial charge in [-0.25, -0.2) is 4.79 Å². The Morgan fingerprint density at radius 3 is 2.44 bits per heavy atom. The van der Waals surface area contributed by atoms with E-state index in [4.69, 9.17) is 26.3 Å². The summed E-state index contributed by atoms with van der Waals surface area (Å²) in [7, 11) is -3.61. The van der Waals surface area contributed by atoms with Crippen molar-refractivity contribution < 1.29 is 22.1 Å². The van der Waals surface area contributed by atoms with Gasteiger partial charge >= 0.3 is 6.09 Å². The Kier molecular flexibility index (Phi) is 12.6. The molecule has 1 heterocycles. The molecule has 0 spiro atoms. The Hall–Kier alpha value is -2.29. The molecule has 1 aliphatic carbocycles. The van der Waals surface area contributed by atoms with Crippen LogP contribution in [-0.4, -0.2) is 51.0 Å². The van der Waals surface area contributed by atoms with Crippen LogP contribution in [0.1, 0.15) is 83.8 Å². The van der Waals surface area contributed by atoms with Gasteiger partial charge in [0.15, 0.2) is 0 Å². The van der Waals surface area contributed by atoms with Crippen LogP contribution >= 0.6 is 11.6 Å². The van der Waals surface area contributed by atoms with Crippen LogP contribution in [0.4, 0.5) is 4.79 Å². The van der Waals surface area contributed by atoms with Crippen LogP contribution in [0.3, 0.4) is 0 Å². The number of carbonyl (C=O) groups is 1. The number of benzene rings is 1. The molecule has 2 N–H and O–H groups in total. The van der Waals surface area contributed by atoms with Crippen LogP contribution in [0.15, 0.2) is 47.7 Å². The molecule has 1 saturated heterocycles. The van der Waals surface area contributed by atoms with E-state index in [2.05, 4.69) is 12.1 Å². The summed E-state index contributed by atoms with van der Waals surface area (Å²) >= 11 is 6.37. The Morgan fingerprint density at radius 2 is 1.85 bits per heavy atom. The number of nitrogens with two attached hydrogens (primary N) is 1. The average molecular weight is 581 g/mol. The van der Waals surface area contributed by atoms with E-state index in [1.807, 2.05) is 58.9 Å². The number of unbranched alkanes of at least 4 members (excludes halogenated alkanes) is 1. The Labute approximate surface area is 240 Å². The summed E-state index contributed by atoms with van der Waals surface area (Å²) in [6, 6.07) is 5.92. The second-order valence-corrected chi connectivity index (χ2v) is 12.8. The molecular formula is C30H45ClN2O5S. The first kappa shape index (κ1) is 32.9. The topological polar surface area (TPSA) is 98.9 Å². The second kappa shape index (κ2) is 14.9. The van der Waals surface area contributed by atoms with Gasteiger partial charge in [0, 0.05) is 18.1 Å². The molecule has 1 aromatic rings. The molecule has 2 aliphatic rings. The van der Waals surface area contributed by atoms with E-state index in [-0.39, 0.29) is 18.6 Å². The van der Waals surface area contributed by atoms with Crippen molar-refractivity contribution in [2.75, 3.05) is 26.0 Å². The molecule has 1 aliphatic heterocycles. The van der Waals surface area contributed by atoms with E-state index in [0.29, 0.717) is 24.0 Å². The van der Waals surface area contributed by atoms with Crippen molar-refractivity contribution in [2.24, 2.45) is 11.7 Å². The van der Waals surface area contributed by atoms with Gasteiger partial charge in [0.1, 0.15) is 5.60 Å². The molecule has 1 unspecified atom stereocenters. The number of amides is 1. The summed E-state index contributed by atoms with van der Waals surface area (Å²) in [5, 5.41) is 0.623. The number of ether oxygens (including phenoxy) is 1. The third-order valence-electron chi connectivity index (χ3n) is 6.68. The maximum absolute atomic E-state index is 12.6. The molecule has 1 fully saturated rings. The Balaban J connectivity index is 0.00000260. The van der Waals surface area contributed by atoms with Gasteiger partial charge in [-0.15, -0.1) is 0 Å². The second-order valence-electron chi connectivity index (χ2n) is 10.8. The minimum atomic E-state index is -3.61. The SMILES string of the molecule is CC.CC(C)(C)OC(=O)N1CCC(C2C/C(=C\CC/C=C\N)C(COS(C)(=O)=O)=Cc3cc(Cl)ccc32)CC1. The molecule has 39 heavy (non-hydrogen) atoms. The van der Waals surface area contributed by atoms with Crippen molar-refractivity contribution in [1.82, 2.24) is 4.90 Å². The molecule has 0 radical (unpaired) electrons. The van der Waals surface area contributed by atoms with Crippen LogP contribution in [-0.2, 0) is 19.0 Å². The third-order valence-corrected chi connectivity index (χ3v) is 7.46. The third kappa shape index (κ3) is 10.7. The number of fused-ring (bicyclic) bond motifs is 1. The molecule has 9 heteroatoms. The zero-order chi connectivity index (χ0) is 29.2. The van der Waals surface area contributed by atoms with E-state index < -0.39 is 15.7 Å². The Bertz CT molecular complexity index is 1160. The zero-order valence-corrected chi connectivity index (χ0v) is 25.8. The van der Waals surface area contributed by atoms with Gasteiger partial charge in [-0.05, 0) is 111 Å². The van der Waals surface area contributed by atoms with Crippen molar-refractivity contribution in [3.8, 4) is 0 Å². The zero-order valence-electron chi connectivity index (χ0n) is 24.2. The van der Waals surface area contributed by atoms with E-state index in [1.54, 1.807) is 4.90 Å². The van der Waals surface area contributed by atoms with Gasteiger partial charge in [-0.1, -0.05) is 43.7 Å². The number of allylic oxidation sites excluding steroid dienone is 2. The maximum Gasteiger partial charge on any atom is 0.410 e. The van der Waals surface area contributed by atoms with Gasteiger partial charge in [0.2, 0.25) is 0 Å². The molecule has 1 amide bonds. The van der Waals surface area contributed by atoms with E-state index in [0.717, 1.165) is 55.1 Å². The molecule has 0 bridgehead atoms. The normalized spacial score (nSPS) is 19.7. The fourth-order valence-corrected chi connectivity index (χ4v) is 5.49. The fourth-order valence-electron chi connectivity index (χ4n) is 4.97. The van der Waals surface area contributed by atoms with Gasteiger partial charge in [-0.3, -0.25) is 4.18 Å². The van der Waals surface area contributed by atoms with Crippen molar-refractivity contribution in [3.05, 3.63) is 63.8 Å². The fraction of sp³-hybridized carbons (Fsp3) is 0.567. The molecule has 1 aromatic carbocycles. The number of halogens is 1. The molecule has 0 saturated carbocycles. The summed E-state index contributed by atoms with van der Waals surface area (Å²) in [4.78, 5) is 14.4. The highest BCUT2D eigenvalue weighted by Crippen LogP contribution is 2.44. The lowest BCUT2D eigenvalue weighted by Crippen LogP contribution is -2.42. The number of hydrogen-bond acceptors (Lipinski definition) is 6. The highest BCUT2D eigenvalue weighted by molar-refractivity contribution is 7.86. The van der Waals surface area contributed by atoms with E-state index in [1.165, 1.54) is 11.8 Å². The lowest BCUT2D eigenvalue weighted by atomic mass is 9.76. The Morgan fingerprint density at radius 1 is 1.18 bits per heavy atom. The number of rotatable bonds is 7. The number of hydrogen-bond donors (Lipinski definition) is 1. The smallest absolute Gasteiger partial charge is 0.410 e. The average Bonchev–Trinajstić information content (AvgIpc) is 3.01. The highest BCUT2D eigenvalue weighted by Gasteiger charge is 2.34. The number of carbonyl (C=O) groups excluding carboxylic acids is 1. The number of nitrogens with zero attached hydrogens (tertiary/aromatic N) is 1. The van der Waals surface area contributed by atoms with Gasteiger partial charge < -0.3 is 15.4 Å². The summed E-state index contributed by atoms with van der Waals surface area (Å²) in [6.07, 6.45) is 12.4. The summed E-state index contributed by atoms with van der Waals surface area (Å²) in [5.41, 5.74) is 9.04.